The van der Waals surface area contributed by atoms with E-state index in [1.807, 2.05) is 6.07 Å². The third-order valence-electron chi connectivity index (χ3n) is 7.56. The first-order chi connectivity index (χ1) is 20.0. The molecule has 1 fully saturated rings. The van der Waals surface area contributed by atoms with Gasteiger partial charge >= 0.3 is 12.3 Å². The minimum atomic E-state index is -4.59. The van der Waals surface area contributed by atoms with Gasteiger partial charge in [0.25, 0.3) is 0 Å². The molecular formula is C32H27F4NO4S. The van der Waals surface area contributed by atoms with Gasteiger partial charge in [-0.15, -0.1) is 0 Å². The maximum absolute atomic E-state index is 14.2. The maximum atomic E-state index is 14.2. The van der Waals surface area contributed by atoms with Crippen LogP contribution in [0.3, 0.4) is 0 Å². The second-order valence-corrected chi connectivity index (χ2v) is 12.4. The van der Waals surface area contributed by atoms with E-state index >= 15 is 0 Å². The summed E-state index contributed by atoms with van der Waals surface area (Å²) in [4.78, 5) is 14.1. The molecule has 1 aliphatic rings. The molecule has 2 unspecified atom stereocenters. The fraction of sp³-hybridized carbons (Fsp3) is 0.219. The predicted molar refractivity (Wildman–Crippen MR) is 149 cm³/mol. The maximum Gasteiger partial charge on any atom is 0.410 e. The Labute approximate surface area is 241 Å². The quantitative estimate of drug-likeness (QED) is 0.167. The van der Waals surface area contributed by atoms with E-state index in [0.29, 0.717) is 0 Å². The lowest BCUT2D eigenvalue weighted by molar-refractivity contribution is -0.141. The summed E-state index contributed by atoms with van der Waals surface area (Å²) in [6.45, 7) is -0.271. The molecule has 1 heterocycles. The van der Waals surface area contributed by atoms with Crippen molar-refractivity contribution < 1.29 is 35.5 Å². The number of likely N-dealkylation sites (tertiary alicyclic amines) is 1. The first-order valence-electron chi connectivity index (χ1n) is 13.2. The first kappa shape index (κ1) is 29.3. The number of alkyl halides is 3. The zero-order valence-electron chi connectivity index (χ0n) is 22.3. The van der Waals surface area contributed by atoms with E-state index in [1.54, 1.807) is 30.3 Å². The van der Waals surface area contributed by atoms with Crippen LogP contribution < -0.4 is 0 Å². The van der Waals surface area contributed by atoms with Crippen LogP contribution in [0.1, 0.15) is 34.6 Å². The zero-order valence-corrected chi connectivity index (χ0v) is 23.1. The minimum absolute atomic E-state index is 0.0130. The molecule has 0 radical (unpaired) electrons. The van der Waals surface area contributed by atoms with Crippen molar-refractivity contribution in [2.24, 2.45) is 0 Å². The van der Waals surface area contributed by atoms with Crippen molar-refractivity contribution in [2.75, 3.05) is 13.1 Å². The Morgan fingerprint density at radius 2 is 1.40 bits per heavy atom. The van der Waals surface area contributed by atoms with Crippen LogP contribution in [0, 0.1) is 5.82 Å². The van der Waals surface area contributed by atoms with Crippen molar-refractivity contribution in [1.29, 1.82) is 0 Å². The molecule has 0 aliphatic carbocycles. The molecule has 5 nitrogen and oxygen atoms in total. The fourth-order valence-corrected chi connectivity index (χ4v) is 7.47. The molecule has 0 N–H and O–H groups in total. The van der Waals surface area contributed by atoms with Crippen LogP contribution in [0.25, 0.3) is 0 Å². The number of benzene rings is 4. The molecule has 42 heavy (non-hydrogen) atoms. The Morgan fingerprint density at radius 3 is 2.00 bits per heavy atom. The van der Waals surface area contributed by atoms with Gasteiger partial charge < -0.3 is 9.64 Å². The van der Waals surface area contributed by atoms with Crippen molar-refractivity contribution in [1.82, 2.24) is 4.90 Å². The van der Waals surface area contributed by atoms with Crippen molar-refractivity contribution in [3.63, 3.8) is 0 Å². The van der Waals surface area contributed by atoms with Crippen LogP contribution >= 0.6 is 0 Å². The molecule has 5 rings (SSSR count). The van der Waals surface area contributed by atoms with E-state index in [0.717, 1.165) is 29.8 Å². The number of nitrogens with zero attached hydrogens (tertiary/aromatic N) is 1. The van der Waals surface area contributed by atoms with E-state index in [-0.39, 0.29) is 47.7 Å². The number of halogens is 4. The number of amides is 1. The molecule has 10 heteroatoms. The van der Waals surface area contributed by atoms with Crippen LogP contribution in [-0.4, -0.2) is 38.7 Å². The highest BCUT2D eigenvalue weighted by Crippen LogP contribution is 2.45. The smallest absolute Gasteiger partial charge is 0.410 e. The highest BCUT2D eigenvalue weighted by atomic mass is 32.2. The van der Waals surface area contributed by atoms with E-state index in [2.05, 4.69) is 0 Å². The molecule has 4 aromatic carbocycles. The molecule has 0 aromatic heterocycles. The average molecular weight is 598 g/mol. The van der Waals surface area contributed by atoms with Crippen molar-refractivity contribution in [3.05, 3.63) is 137 Å². The average Bonchev–Trinajstić information content (AvgIpc) is 3.45. The third-order valence-corrected chi connectivity index (χ3v) is 10.1. The van der Waals surface area contributed by atoms with Crippen LogP contribution in [0.15, 0.2) is 114 Å². The second kappa shape index (κ2) is 11.6. The summed E-state index contributed by atoms with van der Waals surface area (Å²) in [5, 5.41) is 0. The van der Waals surface area contributed by atoms with E-state index in [1.165, 1.54) is 53.4 Å². The van der Waals surface area contributed by atoms with Crippen molar-refractivity contribution in [2.45, 2.75) is 34.8 Å². The Hall–Kier alpha value is -4.18. The number of hydrogen-bond donors (Lipinski definition) is 0. The molecular weight excluding hydrogens is 570 g/mol. The second-order valence-electron chi connectivity index (χ2n) is 10.2. The SMILES string of the molecule is O=C(OCc1ccccc1)N1CCC(c2ccc(C(c3ccccc3)C(F)(F)F)cc2)(S(=O)(=O)c2ccc(F)cc2)C1. The van der Waals surface area contributed by atoms with Gasteiger partial charge in [0.1, 0.15) is 23.1 Å². The topological polar surface area (TPSA) is 63.7 Å². The van der Waals surface area contributed by atoms with E-state index in [9.17, 15) is 30.8 Å². The summed E-state index contributed by atoms with van der Waals surface area (Å²) in [5.74, 6) is -2.53. The Balaban J connectivity index is 1.50. The van der Waals surface area contributed by atoms with Gasteiger partial charge in [-0.05, 0) is 52.9 Å². The number of carbonyl (C=O) groups is 1. The van der Waals surface area contributed by atoms with Gasteiger partial charge in [0.05, 0.1) is 4.90 Å². The highest BCUT2D eigenvalue weighted by molar-refractivity contribution is 7.92. The number of ether oxygens (including phenoxy) is 1. The van der Waals surface area contributed by atoms with Gasteiger partial charge in [-0.2, -0.15) is 13.2 Å². The zero-order chi connectivity index (χ0) is 30.0. The summed E-state index contributed by atoms with van der Waals surface area (Å²) < 4.78 is 88.1. The number of sulfone groups is 1. The number of hydrogen-bond acceptors (Lipinski definition) is 4. The lowest BCUT2D eigenvalue weighted by Gasteiger charge is -2.30. The minimum Gasteiger partial charge on any atom is -0.445 e. The van der Waals surface area contributed by atoms with E-state index < -0.39 is 38.6 Å². The number of rotatable bonds is 7. The standard InChI is InChI=1S/C32H27F4NO4S/c33-27-15-17-28(18-16-27)42(39,40)31(19-20-37(22-31)30(38)41-21-23-7-3-1-4-8-23)26-13-11-25(12-14-26)29(32(34,35)36)24-9-5-2-6-10-24/h1-18,29H,19-22H2. The van der Waals surface area contributed by atoms with Gasteiger partial charge in [-0.1, -0.05) is 84.9 Å². The highest BCUT2D eigenvalue weighted by Gasteiger charge is 2.52. The fourth-order valence-electron chi connectivity index (χ4n) is 5.39. The Bertz CT molecular complexity index is 1630. The summed E-state index contributed by atoms with van der Waals surface area (Å²) in [6.07, 6.45) is -5.34. The molecule has 2 atom stereocenters. The normalized spacial score (nSPS) is 18.0. The number of carbonyl (C=O) groups excluding carboxylic acids is 1. The van der Waals surface area contributed by atoms with Gasteiger partial charge in [-0.25, -0.2) is 17.6 Å². The molecule has 0 spiro atoms. The van der Waals surface area contributed by atoms with Crippen molar-refractivity contribution >= 4 is 15.9 Å². The van der Waals surface area contributed by atoms with Crippen LogP contribution in [0.5, 0.6) is 0 Å². The van der Waals surface area contributed by atoms with Crippen LogP contribution in [-0.2, 0) is 25.9 Å². The molecule has 1 aliphatic heterocycles. The van der Waals surface area contributed by atoms with Gasteiger partial charge in [0.2, 0.25) is 0 Å². The lowest BCUT2D eigenvalue weighted by Crippen LogP contribution is -2.40. The Morgan fingerprint density at radius 1 is 0.833 bits per heavy atom. The van der Waals surface area contributed by atoms with Crippen molar-refractivity contribution in [3.8, 4) is 0 Å². The molecule has 1 amide bonds. The lowest BCUT2D eigenvalue weighted by atomic mass is 9.88. The largest absolute Gasteiger partial charge is 0.445 e. The molecule has 0 bridgehead atoms. The predicted octanol–water partition coefficient (Wildman–Crippen LogP) is 7.23. The summed E-state index contributed by atoms with van der Waals surface area (Å²) in [7, 11) is -4.26. The van der Waals surface area contributed by atoms with Gasteiger partial charge in [0, 0.05) is 13.1 Å². The van der Waals surface area contributed by atoms with Crippen LogP contribution in [0.4, 0.5) is 22.4 Å². The molecule has 218 valence electrons. The molecule has 1 saturated heterocycles. The summed E-state index contributed by atoms with van der Waals surface area (Å²) >= 11 is 0. The summed E-state index contributed by atoms with van der Waals surface area (Å²) in [6, 6.07) is 26.1. The first-order valence-corrected chi connectivity index (χ1v) is 14.7. The third kappa shape index (κ3) is 5.76. The molecule has 4 aromatic rings. The summed E-state index contributed by atoms with van der Waals surface area (Å²) in [5.41, 5.74) is 0.981. The molecule has 0 saturated carbocycles. The van der Waals surface area contributed by atoms with E-state index in [4.69, 9.17) is 4.74 Å². The Kier molecular flexibility index (Phi) is 8.10. The van der Waals surface area contributed by atoms with Crippen LogP contribution in [0.2, 0.25) is 0 Å². The van der Waals surface area contributed by atoms with Gasteiger partial charge in [-0.3, -0.25) is 0 Å². The monoisotopic (exact) mass is 597 g/mol. The van der Waals surface area contributed by atoms with Gasteiger partial charge in [0.15, 0.2) is 9.84 Å².